The molecule has 0 aliphatic rings. The number of aromatic nitrogens is 1. The van der Waals surface area contributed by atoms with Gasteiger partial charge in [0.05, 0.1) is 35.8 Å². The molecule has 0 bridgehead atoms. The largest absolute Gasteiger partial charge is 0.340 e. The highest BCUT2D eigenvalue weighted by Crippen LogP contribution is 2.33. The Morgan fingerprint density at radius 1 is 1.24 bits per heavy atom. The van der Waals surface area contributed by atoms with Gasteiger partial charge in [0.25, 0.3) is 11.6 Å². The molecule has 0 fully saturated rings. The van der Waals surface area contributed by atoms with Crippen molar-refractivity contribution >= 4 is 38.3 Å². The molecule has 0 saturated heterocycles. The Kier molecular flexibility index (Phi) is 6.24. The number of carbonyl (C=O) groups is 1. The zero-order chi connectivity index (χ0) is 21.1. The van der Waals surface area contributed by atoms with Crippen LogP contribution in [-0.4, -0.2) is 43.0 Å². The van der Waals surface area contributed by atoms with E-state index in [4.69, 9.17) is 4.98 Å². The summed E-state index contributed by atoms with van der Waals surface area (Å²) in [6.07, 6.45) is 0.767. The minimum Gasteiger partial charge on any atom is -0.340 e. The Balaban J connectivity index is 2.04. The van der Waals surface area contributed by atoms with Gasteiger partial charge in [-0.25, -0.2) is 4.98 Å². The summed E-state index contributed by atoms with van der Waals surface area (Å²) in [6, 6.07) is 10.2. The first-order valence-electron chi connectivity index (χ1n) is 9.50. The van der Waals surface area contributed by atoms with Crippen LogP contribution in [0.1, 0.15) is 27.9 Å². The van der Waals surface area contributed by atoms with Crippen molar-refractivity contribution in [1.29, 1.82) is 0 Å². The van der Waals surface area contributed by atoms with Crippen LogP contribution < -0.4 is 9.80 Å². The number of anilines is 1. The molecule has 3 aromatic rings. The number of fused-ring (bicyclic) bond motifs is 1. The summed E-state index contributed by atoms with van der Waals surface area (Å²) in [6.45, 7) is 5.38. The van der Waals surface area contributed by atoms with Gasteiger partial charge in [0.1, 0.15) is 5.56 Å². The second-order valence-electron chi connectivity index (χ2n) is 7.47. The minimum atomic E-state index is -0.513. The van der Waals surface area contributed by atoms with E-state index in [9.17, 15) is 14.9 Å². The molecule has 1 aromatic heterocycles. The van der Waals surface area contributed by atoms with E-state index in [0.29, 0.717) is 11.7 Å². The molecule has 0 radical (unpaired) electrons. The summed E-state index contributed by atoms with van der Waals surface area (Å²) in [5.74, 6) is -0.389. The molecule has 0 saturated carbocycles. The van der Waals surface area contributed by atoms with E-state index >= 15 is 0 Å². The number of hydrogen-bond donors (Lipinski definition) is 1. The Morgan fingerprint density at radius 2 is 1.97 bits per heavy atom. The van der Waals surface area contributed by atoms with Crippen LogP contribution in [0, 0.1) is 24.0 Å². The van der Waals surface area contributed by atoms with Crippen LogP contribution in [0.4, 0.5) is 10.8 Å². The van der Waals surface area contributed by atoms with Gasteiger partial charge in [0.2, 0.25) is 0 Å². The van der Waals surface area contributed by atoms with Crippen LogP contribution >= 0.6 is 11.3 Å². The molecule has 152 valence electrons. The van der Waals surface area contributed by atoms with Crippen molar-refractivity contribution in [2.24, 2.45) is 0 Å². The van der Waals surface area contributed by atoms with Crippen LogP contribution in [-0.2, 0) is 0 Å². The normalized spacial score (nSPS) is 11.2. The van der Waals surface area contributed by atoms with E-state index in [-0.39, 0.29) is 17.2 Å². The molecule has 0 aliphatic heterocycles. The summed E-state index contributed by atoms with van der Waals surface area (Å²) in [5, 5.41) is 12.0. The summed E-state index contributed by atoms with van der Waals surface area (Å²) in [5.41, 5.74) is 2.97. The number of nitro benzene ring substituents is 1. The van der Waals surface area contributed by atoms with Gasteiger partial charge in [0.15, 0.2) is 5.13 Å². The number of para-hydroxylation sites is 1. The van der Waals surface area contributed by atoms with Gasteiger partial charge in [-0.15, -0.1) is 0 Å². The first kappa shape index (κ1) is 20.9. The molecular weight excluding hydrogens is 388 g/mol. The zero-order valence-corrected chi connectivity index (χ0v) is 17.9. The van der Waals surface area contributed by atoms with Crippen molar-refractivity contribution in [3.63, 3.8) is 0 Å². The molecule has 3 rings (SSSR count). The molecule has 8 heteroatoms. The first-order chi connectivity index (χ1) is 13.8. The molecule has 0 atom stereocenters. The highest BCUT2D eigenvalue weighted by atomic mass is 32.1. The molecule has 0 unspecified atom stereocenters. The quantitative estimate of drug-likeness (QED) is 0.477. The molecular formula is C21H25N4O3S+. The summed E-state index contributed by atoms with van der Waals surface area (Å²) < 4.78 is 1.03. The minimum absolute atomic E-state index is 0.0851. The fraction of sp³-hybridized carbons (Fsp3) is 0.333. The lowest BCUT2D eigenvalue weighted by Crippen LogP contribution is -3.05. The van der Waals surface area contributed by atoms with Gasteiger partial charge in [0, 0.05) is 19.0 Å². The maximum Gasteiger partial charge on any atom is 0.282 e. The number of nitrogens with zero attached hydrogens (tertiary/aromatic N) is 3. The van der Waals surface area contributed by atoms with Crippen LogP contribution in [0.3, 0.4) is 0 Å². The first-order valence-corrected chi connectivity index (χ1v) is 10.3. The predicted octanol–water partition coefficient (Wildman–Crippen LogP) is 3.00. The third kappa shape index (κ3) is 4.60. The van der Waals surface area contributed by atoms with Crippen LogP contribution in [0.5, 0.6) is 0 Å². The molecule has 1 heterocycles. The number of nitro groups is 1. The van der Waals surface area contributed by atoms with Crippen LogP contribution in [0.25, 0.3) is 10.2 Å². The van der Waals surface area contributed by atoms with Gasteiger partial charge in [-0.1, -0.05) is 29.5 Å². The molecule has 1 N–H and O–H groups in total. The van der Waals surface area contributed by atoms with Gasteiger partial charge < -0.3 is 4.90 Å². The summed E-state index contributed by atoms with van der Waals surface area (Å²) in [7, 11) is 4.11. The topological polar surface area (TPSA) is 80.8 Å². The molecule has 29 heavy (non-hydrogen) atoms. The highest BCUT2D eigenvalue weighted by Gasteiger charge is 2.27. The number of benzene rings is 2. The molecule has 0 spiro atoms. The van der Waals surface area contributed by atoms with E-state index in [2.05, 4.69) is 20.2 Å². The van der Waals surface area contributed by atoms with E-state index in [1.165, 1.54) is 28.4 Å². The summed E-state index contributed by atoms with van der Waals surface area (Å²) >= 11 is 1.45. The van der Waals surface area contributed by atoms with Crippen LogP contribution in [0.2, 0.25) is 0 Å². The number of quaternary nitrogens is 1. The van der Waals surface area contributed by atoms with E-state index in [1.807, 2.05) is 19.9 Å². The number of hydrogen-bond acceptors (Lipinski definition) is 5. The number of amides is 1. The van der Waals surface area contributed by atoms with Gasteiger partial charge in [-0.3, -0.25) is 19.8 Å². The van der Waals surface area contributed by atoms with Gasteiger partial charge >= 0.3 is 0 Å². The monoisotopic (exact) mass is 413 g/mol. The summed E-state index contributed by atoms with van der Waals surface area (Å²) in [4.78, 5) is 31.8. The molecule has 1 amide bonds. The Morgan fingerprint density at radius 3 is 2.66 bits per heavy atom. The van der Waals surface area contributed by atoms with E-state index < -0.39 is 4.92 Å². The maximum atomic E-state index is 13.4. The zero-order valence-electron chi connectivity index (χ0n) is 17.1. The highest BCUT2D eigenvalue weighted by molar-refractivity contribution is 7.22. The van der Waals surface area contributed by atoms with Crippen molar-refractivity contribution in [2.45, 2.75) is 20.3 Å². The van der Waals surface area contributed by atoms with Crippen LogP contribution in [0.15, 0.2) is 36.4 Å². The standard InChI is InChI=1S/C21H24N4O3S/c1-14-12-15(2)19-17(13-14)22-21(29-19)24(11-7-10-23(3)4)20(26)16-8-5-6-9-18(16)25(27)28/h5-6,8-9,12-13H,7,10-11H2,1-4H3/p+1. The number of rotatable bonds is 7. The number of nitrogens with one attached hydrogen (secondary N) is 1. The lowest BCUT2D eigenvalue weighted by molar-refractivity contribution is -0.858. The lowest BCUT2D eigenvalue weighted by atomic mass is 10.1. The number of carbonyl (C=O) groups excluding carboxylic acids is 1. The van der Waals surface area contributed by atoms with Crippen molar-refractivity contribution in [3.8, 4) is 0 Å². The van der Waals surface area contributed by atoms with E-state index in [0.717, 1.165) is 34.3 Å². The third-order valence-corrected chi connectivity index (χ3v) is 5.90. The second-order valence-corrected chi connectivity index (χ2v) is 8.45. The van der Waals surface area contributed by atoms with Crippen molar-refractivity contribution < 1.29 is 14.6 Å². The Bertz CT molecular complexity index is 1060. The predicted molar refractivity (Wildman–Crippen MR) is 116 cm³/mol. The Labute approximate surface area is 173 Å². The smallest absolute Gasteiger partial charge is 0.282 e. The SMILES string of the molecule is Cc1cc(C)c2sc(N(CCC[NH+](C)C)C(=O)c3ccccc3[N+](=O)[O-])nc2c1. The molecule has 0 aliphatic carbocycles. The Hall–Kier alpha value is -2.84. The maximum absolute atomic E-state index is 13.4. The molecule has 7 nitrogen and oxygen atoms in total. The van der Waals surface area contributed by atoms with Crippen molar-refractivity contribution in [1.82, 2.24) is 4.98 Å². The number of aryl methyl sites for hydroxylation is 2. The fourth-order valence-corrected chi connectivity index (χ4v) is 4.35. The average Bonchev–Trinajstić information content (AvgIpc) is 3.08. The second kappa shape index (κ2) is 8.67. The lowest BCUT2D eigenvalue weighted by Gasteiger charge is -2.20. The van der Waals surface area contributed by atoms with E-state index in [1.54, 1.807) is 17.0 Å². The van der Waals surface area contributed by atoms with Gasteiger partial charge in [-0.05, 0) is 37.1 Å². The number of thiazole rings is 1. The fourth-order valence-electron chi connectivity index (χ4n) is 3.31. The van der Waals surface area contributed by atoms with Crippen molar-refractivity contribution in [3.05, 3.63) is 63.2 Å². The van der Waals surface area contributed by atoms with Gasteiger partial charge in [-0.2, -0.15) is 0 Å². The third-order valence-electron chi connectivity index (χ3n) is 4.67. The van der Waals surface area contributed by atoms with Crippen molar-refractivity contribution in [2.75, 3.05) is 32.1 Å². The molecule has 2 aromatic carbocycles. The average molecular weight is 414 g/mol.